The topological polar surface area (TPSA) is 45.6 Å². The number of nitrogens with zero attached hydrogens (tertiary/aromatic N) is 2. The van der Waals surface area contributed by atoms with Crippen LogP contribution in [0.2, 0.25) is 0 Å². The third-order valence-corrected chi connectivity index (χ3v) is 7.64. The van der Waals surface area contributed by atoms with Gasteiger partial charge in [0.15, 0.2) is 5.13 Å². The van der Waals surface area contributed by atoms with Crippen molar-refractivity contribution in [3.05, 3.63) is 101 Å². The van der Waals surface area contributed by atoms with Crippen LogP contribution in [0.25, 0.3) is 11.3 Å². The first-order chi connectivity index (χ1) is 16.7. The number of hydrogen-bond acceptors (Lipinski definition) is 5. The predicted molar refractivity (Wildman–Crippen MR) is 140 cm³/mol. The number of ether oxygens (including phenoxy) is 1. The van der Waals surface area contributed by atoms with Crippen LogP contribution in [0.15, 0.2) is 90.3 Å². The minimum atomic E-state index is -0.995. The highest BCUT2D eigenvalue weighted by Crippen LogP contribution is 2.43. The normalized spacial score (nSPS) is 14.8. The Morgan fingerprint density at radius 3 is 2.06 bits per heavy atom. The van der Waals surface area contributed by atoms with Gasteiger partial charge in [-0.1, -0.05) is 60.7 Å². The zero-order valence-corrected chi connectivity index (χ0v) is 20.2. The fourth-order valence-electron chi connectivity index (χ4n) is 4.94. The molecule has 0 radical (unpaired) electrons. The number of anilines is 1. The number of hydrogen-bond donors (Lipinski definition) is 1. The molecule has 1 aromatic heterocycles. The molecule has 0 saturated carbocycles. The molecule has 1 aliphatic heterocycles. The Hall–Kier alpha value is -3.15. The summed E-state index contributed by atoms with van der Waals surface area (Å²) in [6.07, 6.45) is 1.80. The summed E-state index contributed by atoms with van der Waals surface area (Å²) in [6, 6.07) is 28.4. The minimum Gasteiger partial charge on any atom is -0.494 e. The van der Waals surface area contributed by atoms with Crippen molar-refractivity contribution in [2.75, 3.05) is 24.6 Å². The van der Waals surface area contributed by atoms with Crippen LogP contribution in [0, 0.1) is 5.92 Å². The van der Waals surface area contributed by atoms with Crippen molar-refractivity contribution in [2.45, 2.75) is 25.4 Å². The van der Waals surface area contributed by atoms with E-state index in [0.29, 0.717) is 6.61 Å². The van der Waals surface area contributed by atoms with Gasteiger partial charge in [-0.05, 0) is 61.1 Å². The third kappa shape index (κ3) is 4.46. The number of aliphatic hydroxyl groups is 1. The van der Waals surface area contributed by atoms with Crippen LogP contribution in [-0.2, 0) is 5.60 Å². The fourth-order valence-corrected chi connectivity index (χ4v) is 5.83. The van der Waals surface area contributed by atoms with Gasteiger partial charge in [-0.15, -0.1) is 11.3 Å². The molecule has 0 spiro atoms. The Kier molecular flexibility index (Phi) is 6.66. The summed E-state index contributed by atoms with van der Waals surface area (Å²) in [4.78, 5) is 7.28. The summed E-state index contributed by atoms with van der Waals surface area (Å²) in [6.45, 7) is 4.41. The summed E-state index contributed by atoms with van der Waals surface area (Å²) in [5.41, 5.74) is 3.03. The predicted octanol–water partition coefficient (Wildman–Crippen LogP) is 6.36. The Morgan fingerprint density at radius 2 is 1.50 bits per heavy atom. The molecule has 0 aliphatic carbocycles. The molecule has 4 nitrogen and oxygen atoms in total. The van der Waals surface area contributed by atoms with Crippen LogP contribution in [0.1, 0.15) is 30.9 Å². The highest BCUT2D eigenvalue weighted by atomic mass is 32.1. The van der Waals surface area contributed by atoms with Gasteiger partial charge in [0, 0.05) is 24.0 Å². The molecular formula is C29H30N2O2S. The Morgan fingerprint density at radius 1 is 0.912 bits per heavy atom. The molecule has 34 heavy (non-hydrogen) atoms. The monoisotopic (exact) mass is 470 g/mol. The smallest absolute Gasteiger partial charge is 0.185 e. The molecule has 1 saturated heterocycles. The van der Waals surface area contributed by atoms with Gasteiger partial charge in [-0.3, -0.25) is 0 Å². The Bertz CT molecular complexity index is 1140. The van der Waals surface area contributed by atoms with E-state index in [2.05, 4.69) is 22.4 Å². The van der Waals surface area contributed by atoms with E-state index in [1.165, 1.54) is 0 Å². The lowest BCUT2D eigenvalue weighted by atomic mass is 9.72. The van der Waals surface area contributed by atoms with Crippen molar-refractivity contribution < 1.29 is 9.84 Å². The van der Waals surface area contributed by atoms with Crippen molar-refractivity contribution in [1.82, 2.24) is 4.98 Å². The Balaban J connectivity index is 1.32. The summed E-state index contributed by atoms with van der Waals surface area (Å²) in [5, 5.41) is 15.3. The first kappa shape index (κ1) is 22.6. The summed E-state index contributed by atoms with van der Waals surface area (Å²) in [5.74, 6) is 1.02. The molecule has 1 N–H and O–H groups in total. The number of benzene rings is 3. The summed E-state index contributed by atoms with van der Waals surface area (Å²) >= 11 is 1.69. The van der Waals surface area contributed by atoms with Gasteiger partial charge in [-0.2, -0.15) is 0 Å². The van der Waals surface area contributed by atoms with Crippen molar-refractivity contribution in [2.24, 2.45) is 5.92 Å². The average Bonchev–Trinajstić information content (AvgIpc) is 3.40. The van der Waals surface area contributed by atoms with E-state index in [0.717, 1.165) is 59.2 Å². The lowest BCUT2D eigenvalue weighted by Gasteiger charge is -2.42. The molecule has 174 valence electrons. The summed E-state index contributed by atoms with van der Waals surface area (Å²) < 4.78 is 5.55. The molecular weight excluding hydrogens is 440 g/mol. The zero-order chi connectivity index (χ0) is 23.4. The van der Waals surface area contributed by atoms with Gasteiger partial charge < -0.3 is 14.7 Å². The molecule has 2 heterocycles. The van der Waals surface area contributed by atoms with E-state index < -0.39 is 5.60 Å². The van der Waals surface area contributed by atoms with Crippen LogP contribution in [0.3, 0.4) is 0 Å². The van der Waals surface area contributed by atoms with Crippen molar-refractivity contribution in [3.63, 3.8) is 0 Å². The van der Waals surface area contributed by atoms with E-state index in [1.807, 2.05) is 79.7 Å². The Labute approximate surface area is 205 Å². The number of thiazole rings is 1. The van der Waals surface area contributed by atoms with E-state index in [1.54, 1.807) is 11.3 Å². The number of rotatable bonds is 7. The van der Waals surface area contributed by atoms with Crippen LogP contribution in [0.4, 0.5) is 5.13 Å². The largest absolute Gasteiger partial charge is 0.494 e. The van der Waals surface area contributed by atoms with Crippen molar-refractivity contribution in [1.29, 1.82) is 0 Å². The molecule has 5 rings (SSSR count). The molecule has 1 fully saturated rings. The molecule has 5 heteroatoms. The molecule has 0 atom stereocenters. The first-order valence-corrected chi connectivity index (χ1v) is 12.8. The highest BCUT2D eigenvalue weighted by Gasteiger charge is 2.41. The average molecular weight is 471 g/mol. The lowest BCUT2D eigenvalue weighted by molar-refractivity contribution is 0.00505. The van der Waals surface area contributed by atoms with E-state index >= 15 is 0 Å². The highest BCUT2D eigenvalue weighted by molar-refractivity contribution is 7.14. The van der Waals surface area contributed by atoms with Gasteiger partial charge >= 0.3 is 0 Å². The lowest BCUT2D eigenvalue weighted by Crippen LogP contribution is -2.44. The maximum atomic E-state index is 12.1. The standard InChI is InChI=1S/C29H30N2O2S/c1-2-33-26-15-13-22(14-16-26)27-21-34-28(30-27)31-19-17-25(18-20-31)29(32,23-9-5-3-6-10-23)24-11-7-4-8-12-24/h3-16,21,25,32H,2,17-20H2,1H3. The van der Waals surface area contributed by atoms with Crippen molar-refractivity contribution in [3.8, 4) is 17.0 Å². The first-order valence-electron chi connectivity index (χ1n) is 12.0. The van der Waals surface area contributed by atoms with E-state index in [-0.39, 0.29) is 5.92 Å². The van der Waals surface area contributed by atoms with Crippen LogP contribution < -0.4 is 9.64 Å². The maximum absolute atomic E-state index is 12.1. The second-order valence-corrected chi connectivity index (χ2v) is 9.57. The van der Waals surface area contributed by atoms with Gasteiger partial charge in [0.1, 0.15) is 11.4 Å². The molecule has 0 unspecified atom stereocenters. The quantitative estimate of drug-likeness (QED) is 0.341. The maximum Gasteiger partial charge on any atom is 0.185 e. The van der Waals surface area contributed by atoms with Gasteiger partial charge in [-0.25, -0.2) is 4.98 Å². The van der Waals surface area contributed by atoms with Crippen molar-refractivity contribution >= 4 is 16.5 Å². The summed E-state index contributed by atoms with van der Waals surface area (Å²) in [7, 11) is 0. The van der Waals surface area contributed by atoms with Crippen LogP contribution >= 0.6 is 11.3 Å². The number of aromatic nitrogens is 1. The van der Waals surface area contributed by atoms with E-state index in [9.17, 15) is 5.11 Å². The number of piperidine rings is 1. The SMILES string of the molecule is CCOc1ccc(-c2csc(N3CCC(C(O)(c4ccccc4)c4ccccc4)CC3)n2)cc1. The molecule has 0 amide bonds. The molecule has 1 aliphatic rings. The molecule has 4 aromatic rings. The second-order valence-electron chi connectivity index (χ2n) is 8.73. The second kappa shape index (κ2) is 10.00. The van der Waals surface area contributed by atoms with Crippen LogP contribution in [-0.4, -0.2) is 29.8 Å². The third-order valence-electron chi connectivity index (χ3n) is 6.74. The fraction of sp³-hybridized carbons (Fsp3) is 0.276. The van der Waals surface area contributed by atoms with Gasteiger partial charge in [0.2, 0.25) is 0 Å². The van der Waals surface area contributed by atoms with E-state index in [4.69, 9.17) is 9.72 Å². The molecule has 3 aromatic carbocycles. The molecule has 0 bridgehead atoms. The zero-order valence-electron chi connectivity index (χ0n) is 19.4. The minimum absolute atomic E-state index is 0.138. The van der Waals surface area contributed by atoms with Crippen LogP contribution in [0.5, 0.6) is 5.75 Å². The van der Waals surface area contributed by atoms with Gasteiger partial charge in [0.25, 0.3) is 0 Å². The van der Waals surface area contributed by atoms with Gasteiger partial charge in [0.05, 0.1) is 12.3 Å².